The Kier molecular flexibility index (Phi) is 4.93. The first-order valence-corrected chi connectivity index (χ1v) is 7.27. The minimum absolute atomic E-state index is 0.273. The Morgan fingerprint density at radius 1 is 1.26 bits per heavy atom. The van der Waals surface area contributed by atoms with Gasteiger partial charge >= 0.3 is 5.97 Å². The van der Waals surface area contributed by atoms with E-state index in [1.165, 1.54) is 4.88 Å². The summed E-state index contributed by atoms with van der Waals surface area (Å²) in [7, 11) is 0. The number of hydrogen-bond acceptors (Lipinski definition) is 4. The van der Waals surface area contributed by atoms with E-state index in [1.54, 1.807) is 16.2 Å². The highest BCUT2D eigenvalue weighted by atomic mass is 32.1. The van der Waals surface area contributed by atoms with Crippen LogP contribution in [0.1, 0.15) is 17.7 Å². The molecule has 1 aliphatic heterocycles. The van der Waals surface area contributed by atoms with Crippen LogP contribution in [-0.2, 0) is 16.1 Å². The average molecular weight is 282 g/mol. The molecule has 0 saturated carbocycles. The lowest BCUT2D eigenvalue weighted by Gasteiger charge is -2.21. The Morgan fingerprint density at radius 3 is 2.79 bits per heavy atom. The number of amides is 1. The van der Waals surface area contributed by atoms with Crippen molar-refractivity contribution in [3.05, 3.63) is 22.4 Å². The zero-order valence-corrected chi connectivity index (χ0v) is 11.6. The topological polar surface area (TPSA) is 60.9 Å². The third-order valence-corrected chi connectivity index (χ3v) is 4.06. The number of aliphatic carboxylic acids is 1. The van der Waals surface area contributed by atoms with E-state index in [0.717, 1.165) is 26.1 Å². The van der Waals surface area contributed by atoms with Gasteiger partial charge in [-0.3, -0.25) is 14.5 Å². The Hall–Kier alpha value is -1.40. The number of carbonyl (C=O) groups is 2. The van der Waals surface area contributed by atoms with Crippen molar-refractivity contribution in [1.29, 1.82) is 0 Å². The predicted octanol–water partition coefficient (Wildman–Crippen LogP) is 1.26. The molecule has 1 aromatic heterocycles. The summed E-state index contributed by atoms with van der Waals surface area (Å²) < 4.78 is 0. The van der Waals surface area contributed by atoms with Gasteiger partial charge < -0.3 is 10.0 Å². The molecular weight excluding hydrogens is 264 g/mol. The maximum Gasteiger partial charge on any atom is 0.312 e. The molecule has 104 valence electrons. The van der Waals surface area contributed by atoms with Crippen molar-refractivity contribution in [2.24, 2.45) is 0 Å². The van der Waals surface area contributed by atoms with Gasteiger partial charge in [0.1, 0.15) is 6.42 Å². The first kappa shape index (κ1) is 14.0. The zero-order valence-electron chi connectivity index (χ0n) is 10.7. The lowest BCUT2D eigenvalue weighted by Crippen LogP contribution is -2.36. The molecule has 1 aromatic rings. The van der Waals surface area contributed by atoms with Gasteiger partial charge in [-0.05, 0) is 17.9 Å². The molecule has 1 saturated heterocycles. The standard InChI is InChI=1S/C13H18N2O3S/c16-12(9-13(17)18)15-5-2-4-14(6-7-15)10-11-3-1-8-19-11/h1,3,8H,2,4-7,9-10H2,(H,17,18). The molecule has 0 aliphatic carbocycles. The Labute approximate surface area is 116 Å². The van der Waals surface area contributed by atoms with Crippen molar-refractivity contribution in [3.63, 3.8) is 0 Å². The van der Waals surface area contributed by atoms with E-state index in [-0.39, 0.29) is 5.91 Å². The molecule has 1 aliphatic rings. The third kappa shape index (κ3) is 4.33. The largest absolute Gasteiger partial charge is 0.481 e. The Morgan fingerprint density at radius 2 is 2.11 bits per heavy atom. The molecule has 2 heterocycles. The van der Waals surface area contributed by atoms with E-state index in [9.17, 15) is 9.59 Å². The van der Waals surface area contributed by atoms with Crippen LogP contribution in [0.3, 0.4) is 0 Å². The van der Waals surface area contributed by atoms with Gasteiger partial charge in [-0.2, -0.15) is 0 Å². The number of nitrogens with zero attached hydrogens (tertiary/aromatic N) is 2. The van der Waals surface area contributed by atoms with E-state index < -0.39 is 12.4 Å². The number of thiophene rings is 1. The molecule has 0 spiro atoms. The van der Waals surface area contributed by atoms with E-state index in [1.807, 2.05) is 6.07 Å². The smallest absolute Gasteiger partial charge is 0.312 e. The fourth-order valence-electron chi connectivity index (χ4n) is 2.24. The van der Waals surface area contributed by atoms with E-state index >= 15 is 0 Å². The van der Waals surface area contributed by atoms with Crippen molar-refractivity contribution in [1.82, 2.24) is 9.80 Å². The normalized spacial score (nSPS) is 17.2. The minimum atomic E-state index is -1.05. The molecule has 2 rings (SSSR count). The number of carboxylic acid groups (broad SMARTS) is 1. The fourth-order valence-corrected chi connectivity index (χ4v) is 2.99. The van der Waals surface area contributed by atoms with Gasteiger partial charge in [-0.25, -0.2) is 0 Å². The lowest BCUT2D eigenvalue weighted by molar-refractivity contribution is -0.144. The monoisotopic (exact) mass is 282 g/mol. The Balaban J connectivity index is 1.84. The number of carboxylic acids is 1. The quantitative estimate of drug-likeness (QED) is 0.845. The molecule has 19 heavy (non-hydrogen) atoms. The van der Waals surface area contributed by atoms with Crippen LogP contribution in [0.2, 0.25) is 0 Å². The molecule has 0 atom stereocenters. The van der Waals surface area contributed by atoms with Gasteiger partial charge in [-0.1, -0.05) is 6.07 Å². The molecule has 0 aromatic carbocycles. The molecule has 0 unspecified atom stereocenters. The van der Waals surface area contributed by atoms with Crippen LogP contribution in [0, 0.1) is 0 Å². The predicted molar refractivity (Wildman–Crippen MR) is 73.0 cm³/mol. The van der Waals surface area contributed by atoms with Crippen molar-refractivity contribution in [3.8, 4) is 0 Å². The van der Waals surface area contributed by atoms with Crippen LogP contribution < -0.4 is 0 Å². The average Bonchev–Trinajstić information content (AvgIpc) is 2.73. The molecule has 1 fully saturated rings. The van der Waals surface area contributed by atoms with Crippen LogP contribution in [0.25, 0.3) is 0 Å². The van der Waals surface area contributed by atoms with E-state index in [0.29, 0.717) is 13.1 Å². The molecule has 0 bridgehead atoms. The summed E-state index contributed by atoms with van der Waals surface area (Å²) in [6.45, 7) is 3.96. The lowest BCUT2D eigenvalue weighted by atomic mass is 10.3. The number of rotatable bonds is 4. The summed E-state index contributed by atoms with van der Waals surface area (Å²) in [6.07, 6.45) is 0.502. The van der Waals surface area contributed by atoms with Gasteiger partial charge in [0, 0.05) is 37.6 Å². The maximum absolute atomic E-state index is 11.7. The minimum Gasteiger partial charge on any atom is -0.481 e. The summed E-state index contributed by atoms with van der Waals surface area (Å²) in [5.41, 5.74) is 0. The van der Waals surface area contributed by atoms with E-state index in [4.69, 9.17) is 5.11 Å². The number of carbonyl (C=O) groups excluding carboxylic acids is 1. The highest BCUT2D eigenvalue weighted by molar-refractivity contribution is 7.09. The fraction of sp³-hybridized carbons (Fsp3) is 0.538. The molecule has 6 heteroatoms. The van der Waals surface area contributed by atoms with Crippen molar-refractivity contribution in [2.45, 2.75) is 19.4 Å². The van der Waals surface area contributed by atoms with Crippen molar-refractivity contribution >= 4 is 23.2 Å². The second kappa shape index (κ2) is 6.68. The zero-order chi connectivity index (χ0) is 13.7. The second-order valence-corrected chi connectivity index (χ2v) is 5.69. The first-order valence-electron chi connectivity index (χ1n) is 6.39. The maximum atomic E-state index is 11.7. The molecule has 1 amide bonds. The van der Waals surface area contributed by atoms with Gasteiger partial charge in [0.15, 0.2) is 0 Å². The summed E-state index contributed by atoms with van der Waals surface area (Å²) >= 11 is 1.74. The van der Waals surface area contributed by atoms with Crippen molar-refractivity contribution < 1.29 is 14.7 Å². The Bertz CT molecular complexity index is 433. The van der Waals surface area contributed by atoms with E-state index in [2.05, 4.69) is 16.3 Å². The van der Waals surface area contributed by atoms with Crippen LogP contribution in [0.5, 0.6) is 0 Å². The molecule has 5 nitrogen and oxygen atoms in total. The third-order valence-electron chi connectivity index (χ3n) is 3.20. The second-order valence-electron chi connectivity index (χ2n) is 4.66. The van der Waals surface area contributed by atoms with Gasteiger partial charge in [0.2, 0.25) is 5.91 Å². The van der Waals surface area contributed by atoms with Crippen LogP contribution in [0.15, 0.2) is 17.5 Å². The first-order chi connectivity index (χ1) is 9.15. The summed E-state index contributed by atoms with van der Waals surface area (Å²) in [5, 5.41) is 10.7. The number of hydrogen-bond donors (Lipinski definition) is 1. The highest BCUT2D eigenvalue weighted by Gasteiger charge is 2.20. The molecular formula is C13H18N2O3S. The summed E-state index contributed by atoms with van der Waals surface area (Å²) in [5.74, 6) is -1.32. The van der Waals surface area contributed by atoms with Crippen molar-refractivity contribution in [2.75, 3.05) is 26.2 Å². The highest BCUT2D eigenvalue weighted by Crippen LogP contribution is 2.14. The van der Waals surface area contributed by atoms with Crippen LogP contribution in [0.4, 0.5) is 0 Å². The summed E-state index contributed by atoms with van der Waals surface area (Å²) in [4.78, 5) is 27.6. The molecule has 1 N–H and O–H groups in total. The van der Waals surface area contributed by atoms with Gasteiger partial charge in [-0.15, -0.1) is 11.3 Å². The van der Waals surface area contributed by atoms with Crippen LogP contribution in [-0.4, -0.2) is 53.0 Å². The SMILES string of the molecule is O=C(O)CC(=O)N1CCCN(Cc2cccs2)CC1. The van der Waals surface area contributed by atoms with Gasteiger partial charge in [0.25, 0.3) is 0 Å². The summed E-state index contributed by atoms with van der Waals surface area (Å²) in [6, 6.07) is 4.16. The van der Waals surface area contributed by atoms with Crippen LogP contribution >= 0.6 is 11.3 Å². The molecule has 0 radical (unpaired) electrons. The van der Waals surface area contributed by atoms with Gasteiger partial charge in [0.05, 0.1) is 0 Å².